The molecule has 0 spiro atoms. The minimum Gasteiger partial charge on any atom is -0.492 e. The Labute approximate surface area is 341 Å². The molecule has 0 aliphatic carbocycles. The minimum absolute atomic E-state index is 0.0482. The highest BCUT2D eigenvalue weighted by Gasteiger charge is 2.25. The number of nitrogens with zero attached hydrogens (tertiary/aromatic N) is 1. The third-order valence-corrected chi connectivity index (χ3v) is 11.1. The minimum atomic E-state index is -4.26. The topological polar surface area (TPSA) is 91.3 Å². The number of hydrogen-bond acceptors (Lipinski definition) is 6. The molecule has 1 N–H and O–H groups in total. The molecule has 0 rings (SSSR count). The van der Waals surface area contributed by atoms with Gasteiger partial charge in [-0.05, 0) is 51.0 Å². The highest BCUT2D eigenvalue weighted by atomic mass is 31.2. The van der Waals surface area contributed by atoms with Gasteiger partial charge in [-0.15, -0.1) is 0 Å². The number of unbranched alkanes of at least 4 members (excludes halogenated alkanes) is 27. The van der Waals surface area contributed by atoms with Crippen molar-refractivity contribution in [2.24, 2.45) is 0 Å². The molecule has 2 unspecified atom stereocenters. The zero-order valence-corrected chi connectivity index (χ0v) is 37.8. The van der Waals surface area contributed by atoms with Crippen molar-refractivity contribution in [3.63, 3.8) is 0 Å². The SMILES string of the molecule is CCCCCCCC/C=C\CCCCCC/C=C\OC(COC(=O)CCCCCCCCCCCCCCCCCCC)COP(=O)(O)OCC[N+](C)(C)C. The summed E-state index contributed by atoms with van der Waals surface area (Å²) in [7, 11) is 1.67. The van der Waals surface area contributed by atoms with Crippen LogP contribution in [0.4, 0.5) is 0 Å². The summed E-state index contributed by atoms with van der Waals surface area (Å²) in [6.45, 7) is 4.92. The van der Waals surface area contributed by atoms with Crippen LogP contribution in [0.5, 0.6) is 0 Å². The van der Waals surface area contributed by atoms with Gasteiger partial charge in [0.25, 0.3) is 0 Å². The smallest absolute Gasteiger partial charge is 0.472 e. The van der Waals surface area contributed by atoms with Crippen LogP contribution in [-0.2, 0) is 27.9 Å². The first-order chi connectivity index (χ1) is 26.6. The van der Waals surface area contributed by atoms with E-state index >= 15 is 0 Å². The lowest BCUT2D eigenvalue weighted by atomic mass is 10.0. The molecule has 0 radical (unpaired) electrons. The quantitative estimate of drug-likeness (QED) is 0.0164. The van der Waals surface area contributed by atoms with E-state index in [-0.39, 0.29) is 25.8 Å². The molecular formula is C46H91NO7P+. The molecule has 0 bridgehead atoms. The first kappa shape index (κ1) is 53.8. The van der Waals surface area contributed by atoms with Crippen LogP contribution in [0.15, 0.2) is 24.5 Å². The molecule has 0 heterocycles. The summed E-state index contributed by atoms with van der Waals surface area (Å²) in [6.07, 6.45) is 46.0. The van der Waals surface area contributed by atoms with Crippen molar-refractivity contribution in [3.05, 3.63) is 24.5 Å². The molecule has 2 atom stereocenters. The van der Waals surface area contributed by atoms with Crippen molar-refractivity contribution in [1.29, 1.82) is 0 Å². The average molecular weight is 801 g/mol. The molecule has 0 saturated heterocycles. The number of allylic oxidation sites excluding steroid dienone is 3. The van der Waals surface area contributed by atoms with Crippen LogP contribution in [0, 0.1) is 0 Å². The largest absolute Gasteiger partial charge is 0.492 e. The maximum absolute atomic E-state index is 12.5. The standard InChI is InChI=1S/C46H90NO7P/c1-6-8-10-12-14-16-18-20-22-24-25-27-29-31-33-35-37-39-46(48)52-43-45(44-54-55(49,50)53-42-40-47(3,4)5)51-41-38-36-34-32-30-28-26-23-21-19-17-15-13-11-9-7-2/h21,23,38,41,45H,6-20,22,24-37,39-40,42-44H2,1-5H3/p+1/b23-21-,41-38-. The molecule has 326 valence electrons. The van der Waals surface area contributed by atoms with Crippen LogP contribution in [0.2, 0.25) is 0 Å². The molecule has 0 aliphatic heterocycles. The Balaban J connectivity index is 4.24. The Morgan fingerprint density at radius 2 is 0.964 bits per heavy atom. The number of carbonyl (C=O) groups is 1. The second-order valence-electron chi connectivity index (χ2n) is 16.9. The van der Waals surface area contributed by atoms with Gasteiger partial charge in [0.2, 0.25) is 0 Å². The number of rotatable bonds is 43. The maximum atomic E-state index is 12.5. The first-order valence-electron chi connectivity index (χ1n) is 23.1. The zero-order valence-electron chi connectivity index (χ0n) is 36.9. The summed E-state index contributed by atoms with van der Waals surface area (Å²) in [4.78, 5) is 22.7. The van der Waals surface area contributed by atoms with E-state index < -0.39 is 13.9 Å². The van der Waals surface area contributed by atoms with Crippen molar-refractivity contribution in [2.75, 3.05) is 47.5 Å². The number of carbonyl (C=O) groups excluding carboxylic acids is 1. The van der Waals surface area contributed by atoms with Crippen LogP contribution in [0.1, 0.15) is 213 Å². The molecule has 0 fully saturated rings. The van der Waals surface area contributed by atoms with Crippen molar-refractivity contribution >= 4 is 13.8 Å². The summed E-state index contributed by atoms with van der Waals surface area (Å²) in [5.74, 6) is -0.276. The van der Waals surface area contributed by atoms with Crippen LogP contribution >= 0.6 is 7.82 Å². The molecule has 0 amide bonds. The molecule has 9 heteroatoms. The van der Waals surface area contributed by atoms with E-state index in [0.29, 0.717) is 17.4 Å². The monoisotopic (exact) mass is 801 g/mol. The Morgan fingerprint density at radius 1 is 0.564 bits per heavy atom. The number of phosphoric ester groups is 1. The Morgan fingerprint density at radius 3 is 1.40 bits per heavy atom. The number of quaternary nitrogens is 1. The lowest BCUT2D eigenvalue weighted by Gasteiger charge is -2.24. The van der Waals surface area contributed by atoms with Crippen LogP contribution in [0.25, 0.3) is 0 Å². The molecule has 55 heavy (non-hydrogen) atoms. The molecule has 0 saturated carbocycles. The van der Waals surface area contributed by atoms with Gasteiger partial charge < -0.3 is 18.9 Å². The van der Waals surface area contributed by atoms with Crippen molar-refractivity contribution < 1.29 is 37.3 Å². The lowest BCUT2D eigenvalue weighted by Crippen LogP contribution is -2.37. The van der Waals surface area contributed by atoms with Gasteiger partial charge in [-0.3, -0.25) is 13.8 Å². The highest BCUT2D eigenvalue weighted by Crippen LogP contribution is 2.43. The first-order valence-corrected chi connectivity index (χ1v) is 24.6. The lowest BCUT2D eigenvalue weighted by molar-refractivity contribution is -0.870. The summed E-state index contributed by atoms with van der Waals surface area (Å²) in [5.41, 5.74) is 0. The fourth-order valence-corrected chi connectivity index (χ4v) is 7.16. The van der Waals surface area contributed by atoms with E-state index in [4.69, 9.17) is 18.5 Å². The van der Waals surface area contributed by atoms with E-state index in [2.05, 4.69) is 26.0 Å². The van der Waals surface area contributed by atoms with Crippen LogP contribution in [0.3, 0.4) is 0 Å². The molecule has 0 aromatic carbocycles. The van der Waals surface area contributed by atoms with Gasteiger partial charge in [0.15, 0.2) is 6.10 Å². The molecule has 8 nitrogen and oxygen atoms in total. The fourth-order valence-electron chi connectivity index (χ4n) is 6.41. The van der Waals surface area contributed by atoms with Crippen molar-refractivity contribution in [3.8, 4) is 0 Å². The Kier molecular flexibility index (Phi) is 38.8. The van der Waals surface area contributed by atoms with Gasteiger partial charge in [0.1, 0.15) is 19.8 Å². The number of ether oxygens (including phenoxy) is 2. The molecule has 0 aromatic rings. The number of phosphoric acid groups is 1. The van der Waals surface area contributed by atoms with E-state index in [1.54, 1.807) is 6.26 Å². The van der Waals surface area contributed by atoms with E-state index in [1.165, 1.54) is 148 Å². The number of hydrogen-bond donors (Lipinski definition) is 1. The fraction of sp³-hybridized carbons (Fsp3) is 0.891. The van der Waals surface area contributed by atoms with Crippen LogP contribution in [-0.4, -0.2) is 69.0 Å². The van der Waals surface area contributed by atoms with Crippen molar-refractivity contribution in [1.82, 2.24) is 0 Å². The normalized spacial score (nSPS) is 13.9. The van der Waals surface area contributed by atoms with Crippen LogP contribution < -0.4 is 0 Å². The zero-order chi connectivity index (χ0) is 40.6. The summed E-state index contributed by atoms with van der Waals surface area (Å²) >= 11 is 0. The third-order valence-electron chi connectivity index (χ3n) is 10.1. The predicted octanol–water partition coefficient (Wildman–Crippen LogP) is 14.0. The second kappa shape index (κ2) is 39.6. The molecule has 0 aromatic heterocycles. The number of likely N-dealkylation sites (N-methyl/N-ethyl adjacent to an activating group) is 1. The number of esters is 1. The average Bonchev–Trinajstić information content (AvgIpc) is 3.14. The van der Waals surface area contributed by atoms with Gasteiger partial charge in [-0.25, -0.2) is 4.57 Å². The van der Waals surface area contributed by atoms with Gasteiger partial charge in [0.05, 0.1) is 34.0 Å². The second-order valence-corrected chi connectivity index (χ2v) is 18.3. The van der Waals surface area contributed by atoms with Gasteiger partial charge in [0, 0.05) is 6.42 Å². The van der Waals surface area contributed by atoms with Gasteiger partial charge in [-0.1, -0.05) is 174 Å². The molecular weight excluding hydrogens is 709 g/mol. The van der Waals surface area contributed by atoms with Crippen molar-refractivity contribution in [2.45, 2.75) is 219 Å². The summed E-state index contributed by atoms with van der Waals surface area (Å²) in [5, 5.41) is 0. The summed E-state index contributed by atoms with van der Waals surface area (Å²) < 4.78 is 34.8. The maximum Gasteiger partial charge on any atom is 0.472 e. The van der Waals surface area contributed by atoms with Gasteiger partial charge >= 0.3 is 13.8 Å². The Bertz CT molecular complexity index is 936. The summed E-state index contributed by atoms with van der Waals surface area (Å²) in [6, 6.07) is 0. The van der Waals surface area contributed by atoms with E-state index in [0.717, 1.165) is 44.9 Å². The highest BCUT2D eigenvalue weighted by molar-refractivity contribution is 7.47. The Hall–Kier alpha value is -1.18. The van der Waals surface area contributed by atoms with Gasteiger partial charge in [-0.2, -0.15) is 0 Å². The van der Waals surface area contributed by atoms with E-state index in [9.17, 15) is 14.3 Å². The molecule has 0 aliphatic rings. The van der Waals surface area contributed by atoms with E-state index in [1.807, 2.05) is 27.2 Å². The third kappa shape index (κ3) is 43.8. The predicted molar refractivity (Wildman–Crippen MR) is 233 cm³/mol.